The second-order valence-electron chi connectivity index (χ2n) is 5.38. The number of rotatable bonds is 4. The maximum absolute atomic E-state index is 5.18. The Labute approximate surface area is 113 Å². The van der Waals surface area contributed by atoms with Gasteiger partial charge in [0.1, 0.15) is 5.75 Å². The van der Waals surface area contributed by atoms with Gasteiger partial charge in [-0.1, -0.05) is 47.8 Å². The molecule has 0 heterocycles. The van der Waals surface area contributed by atoms with Gasteiger partial charge < -0.3 is 4.74 Å². The molecular weight excluding hydrogens is 276 g/mol. The van der Waals surface area contributed by atoms with E-state index in [9.17, 15) is 0 Å². The summed E-state index contributed by atoms with van der Waals surface area (Å²) in [5, 5.41) is 0. The van der Waals surface area contributed by atoms with Crippen LogP contribution in [-0.4, -0.2) is 11.9 Å². The van der Waals surface area contributed by atoms with Gasteiger partial charge in [-0.05, 0) is 42.4 Å². The van der Waals surface area contributed by atoms with Crippen LogP contribution in [0.3, 0.4) is 0 Å². The van der Waals surface area contributed by atoms with Crippen LogP contribution in [-0.2, 0) is 6.42 Å². The van der Waals surface area contributed by atoms with Crippen LogP contribution >= 0.6 is 15.9 Å². The van der Waals surface area contributed by atoms with Crippen LogP contribution < -0.4 is 4.74 Å². The first kappa shape index (κ1) is 12.9. The zero-order valence-corrected chi connectivity index (χ0v) is 12.3. The van der Waals surface area contributed by atoms with Crippen LogP contribution in [0.1, 0.15) is 38.2 Å². The summed E-state index contributed by atoms with van der Waals surface area (Å²) in [5.74, 6) is 0.937. The fraction of sp³-hybridized carbons (Fsp3) is 0.600. The molecule has 0 amide bonds. The van der Waals surface area contributed by atoms with Gasteiger partial charge in [0, 0.05) is 4.83 Å². The van der Waals surface area contributed by atoms with Gasteiger partial charge in [0.05, 0.1) is 7.11 Å². The minimum absolute atomic E-state index is 0.486. The summed E-state index contributed by atoms with van der Waals surface area (Å²) >= 11 is 3.90. The number of methoxy groups -OCH3 is 1. The maximum Gasteiger partial charge on any atom is 0.118 e. The van der Waals surface area contributed by atoms with Crippen molar-refractivity contribution in [3.63, 3.8) is 0 Å². The first-order valence-electron chi connectivity index (χ1n) is 6.41. The van der Waals surface area contributed by atoms with Crippen LogP contribution in [0.15, 0.2) is 24.3 Å². The van der Waals surface area contributed by atoms with Crippen molar-refractivity contribution < 1.29 is 4.74 Å². The lowest BCUT2D eigenvalue weighted by Gasteiger charge is -2.30. The largest absolute Gasteiger partial charge is 0.497 e. The van der Waals surface area contributed by atoms with E-state index in [1.807, 2.05) is 12.1 Å². The van der Waals surface area contributed by atoms with E-state index in [2.05, 4.69) is 35.0 Å². The standard InChI is InChI=1S/C15H21BrO/c1-15(9-3-4-10-15)14(16)11-12-5-7-13(17-2)8-6-12/h5-8,14H,3-4,9-11H2,1-2H3. The fourth-order valence-corrected chi connectivity index (χ4v) is 3.54. The quantitative estimate of drug-likeness (QED) is 0.739. The van der Waals surface area contributed by atoms with Crippen molar-refractivity contribution in [2.75, 3.05) is 7.11 Å². The zero-order chi connectivity index (χ0) is 12.3. The molecule has 0 aliphatic heterocycles. The van der Waals surface area contributed by atoms with Crippen molar-refractivity contribution in [2.45, 2.75) is 43.9 Å². The van der Waals surface area contributed by atoms with Crippen LogP contribution in [0, 0.1) is 5.41 Å². The molecular formula is C15H21BrO. The van der Waals surface area contributed by atoms with Gasteiger partial charge >= 0.3 is 0 Å². The summed E-state index contributed by atoms with van der Waals surface area (Å²) < 4.78 is 5.18. The average molecular weight is 297 g/mol. The number of benzene rings is 1. The molecule has 1 saturated carbocycles. The van der Waals surface area contributed by atoms with Crippen LogP contribution in [0.2, 0.25) is 0 Å². The lowest BCUT2D eigenvalue weighted by molar-refractivity contribution is 0.325. The predicted octanol–water partition coefficient (Wildman–Crippen LogP) is 4.58. The highest BCUT2D eigenvalue weighted by molar-refractivity contribution is 9.09. The highest BCUT2D eigenvalue weighted by Crippen LogP contribution is 2.44. The molecule has 1 aromatic carbocycles. The molecule has 0 bridgehead atoms. The zero-order valence-electron chi connectivity index (χ0n) is 10.7. The van der Waals surface area contributed by atoms with Gasteiger partial charge in [-0.25, -0.2) is 0 Å². The maximum atomic E-state index is 5.18. The summed E-state index contributed by atoms with van der Waals surface area (Å²) in [4.78, 5) is 0.589. The third-order valence-corrected chi connectivity index (χ3v) is 5.51. The van der Waals surface area contributed by atoms with Crippen molar-refractivity contribution in [3.8, 4) is 5.75 Å². The minimum atomic E-state index is 0.486. The topological polar surface area (TPSA) is 9.23 Å². The molecule has 1 aromatic rings. The fourth-order valence-electron chi connectivity index (χ4n) is 2.71. The van der Waals surface area contributed by atoms with E-state index in [-0.39, 0.29) is 0 Å². The van der Waals surface area contributed by atoms with E-state index in [0.717, 1.165) is 12.2 Å². The number of alkyl halides is 1. The molecule has 2 rings (SSSR count). The molecule has 1 aliphatic rings. The van der Waals surface area contributed by atoms with E-state index in [4.69, 9.17) is 4.74 Å². The molecule has 1 unspecified atom stereocenters. The van der Waals surface area contributed by atoms with Crippen LogP contribution in [0.5, 0.6) is 5.75 Å². The molecule has 1 nitrogen and oxygen atoms in total. The molecule has 0 spiro atoms. The first-order chi connectivity index (χ1) is 8.14. The van der Waals surface area contributed by atoms with Gasteiger partial charge in [0.25, 0.3) is 0 Å². The SMILES string of the molecule is COc1ccc(CC(Br)C2(C)CCCC2)cc1. The molecule has 1 fully saturated rings. The highest BCUT2D eigenvalue weighted by Gasteiger charge is 2.35. The molecule has 0 saturated heterocycles. The van der Waals surface area contributed by atoms with E-state index in [1.165, 1.54) is 31.2 Å². The molecule has 2 heteroatoms. The number of halogens is 1. The average Bonchev–Trinajstić information content (AvgIpc) is 2.78. The Kier molecular flexibility index (Phi) is 4.13. The molecule has 1 atom stereocenters. The van der Waals surface area contributed by atoms with Crippen molar-refractivity contribution >= 4 is 15.9 Å². The molecule has 1 aliphatic carbocycles. The van der Waals surface area contributed by atoms with E-state index in [1.54, 1.807) is 7.11 Å². The Hall–Kier alpha value is -0.500. The van der Waals surface area contributed by atoms with E-state index in [0.29, 0.717) is 10.2 Å². The van der Waals surface area contributed by atoms with Gasteiger partial charge in [-0.2, -0.15) is 0 Å². The Bertz CT molecular complexity index is 352. The lowest BCUT2D eigenvalue weighted by Crippen LogP contribution is -2.26. The van der Waals surface area contributed by atoms with Crippen molar-refractivity contribution in [1.29, 1.82) is 0 Å². The molecule has 0 aromatic heterocycles. The van der Waals surface area contributed by atoms with Gasteiger partial charge in [0.2, 0.25) is 0 Å². The molecule has 94 valence electrons. The summed E-state index contributed by atoms with van der Waals surface area (Å²) in [6.45, 7) is 2.42. The first-order valence-corrected chi connectivity index (χ1v) is 7.33. The minimum Gasteiger partial charge on any atom is -0.497 e. The van der Waals surface area contributed by atoms with Crippen molar-refractivity contribution in [2.24, 2.45) is 5.41 Å². The smallest absolute Gasteiger partial charge is 0.118 e. The predicted molar refractivity (Wildman–Crippen MR) is 76.0 cm³/mol. The summed E-state index contributed by atoms with van der Waals surface area (Å²) in [5.41, 5.74) is 1.88. The second kappa shape index (κ2) is 5.43. The number of hydrogen-bond acceptors (Lipinski definition) is 1. The van der Waals surface area contributed by atoms with Gasteiger partial charge in [-0.3, -0.25) is 0 Å². The molecule has 0 N–H and O–H groups in total. The van der Waals surface area contributed by atoms with Gasteiger partial charge in [0.15, 0.2) is 0 Å². The van der Waals surface area contributed by atoms with Crippen LogP contribution in [0.25, 0.3) is 0 Å². The number of hydrogen-bond donors (Lipinski definition) is 0. The second-order valence-corrected chi connectivity index (χ2v) is 6.49. The summed E-state index contributed by atoms with van der Waals surface area (Å²) in [6, 6.07) is 8.44. The van der Waals surface area contributed by atoms with E-state index < -0.39 is 0 Å². The van der Waals surface area contributed by atoms with E-state index >= 15 is 0 Å². The Morgan fingerprint density at radius 1 is 1.24 bits per heavy atom. The van der Waals surface area contributed by atoms with Crippen molar-refractivity contribution in [3.05, 3.63) is 29.8 Å². The van der Waals surface area contributed by atoms with Crippen LogP contribution in [0.4, 0.5) is 0 Å². The third kappa shape index (κ3) is 3.04. The normalized spacial score (nSPS) is 20.2. The number of ether oxygens (including phenoxy) is 1. The Balaban J connectivity index is 1.99. The van der Waals surface area contributed by atoms with Crippen molar-refractivity contribution in [1.82, 2.24) is 0 Å². The summed E-state index contributed by atoms with van der Waals surface area (Å²) in [7, 11) is 1.71. The monoisotopic (exact) mass is 296 g/mol. The Morgan fingerprint density at radius 2 is 1.82 bits per heavy atom. The highest BCUT2D eigenvalue weighted by atomic mass is 79.9. The lowest BCUT2D eigenvalue weighted by atomic mass is 9.82. The molecule has 17 heavy (non-hydrogen) atoms. The molecule has 0 radical (unpaired) electrons. The van der Waals surface area contributed by atoms with Gasteiger partial charge in [-0.15, -0.1) is 0 Å². The third-order valence-electron chi connectivity index (χ3n) is 4.08. The Morgan fingerprint density at radius 3 is 2.35 bits per heavy atom. The summed E-state index contributed by atoms with van der Waals surface area (Å²) in [6.07, 6.45) is 6.61.